The number of carbonyl (C=O) groups is 1. The molecule has 280 valence electrons. The van der Waals surface area contributed by atoms with Gasteiger partial charge < -0.3 is 21.1 Å². The van der Waals surface area contributed by atoms with Crippen molar-refractivity contribution in [3.05, 3.63) is 48.6 Å². The Labute approximate surface area is 297 Å². The summed E-state index contributed by atoms with van der Waals surface area (Å²) in [4.78, 5) is 13.3. The molecule has 1 amide bonds. The Bertz CT molecular complexity index is 757. The fourth-order valence-corrected chi connectivity index (χ4v) is 5.88. The molecule has 48 heavy (non-hydrogen) atoms. The molecule has 0 aliphatic heterocycles. The van der Waals surface area contributed by atoms with E-state index in [0.717, 1.165) is 77.2 Å². The number of hydrogen-bond acceptors (Lipinski definition) is 5. The number of allylic oxidation sites excluding steroid dienone is 8. The number of carbonyl (C=O) groups excluding carboxylic acids is 1. The smallest absolute Gasteiger partial charge is 0.246 e. The summed E-state index contributed by atoms with van der Waals surface area (Å²) >= 11 is 0. The van der Waals surface area contributed by atoms with Gasteiger partial charge in [-0.05, 0) is 103 Å². The van der Waals surface area contributed by atoms with Crippen molar-refractivity contribution in [1.29, 1.82) is 0 Å². The Kier molecular flexibility index (Phi) is 35.2. The summed E-state index contributed by atoms with van der Waals surface area (Å²) in [7, 11) is 0. The lowest BCUT2D eigenvalue weighted by atomic mass is 10.1. The van der Waals surface area contributed by atoms with E-state index in [-0.39, 0.29) is 0 Å². The molecule has 0 radical (unpaired) electrons. The lowest BCUT2D eigenvalue weighted by molar-refractivity contribution is -0.126. The Morgan fingerprint density at radius 3 is 1.29 bits per heavy atom. The lowest BCUT2D eigenvalue weighted by Gasteiger charge is -2.27. The minimum Gasteiger partial charge on any atom is -0.392 e. The van der Waals surface area contributed by atoms with Crippen molar-refractivity contribution in [1.82, 2.24) is 4.90 Å². The first-order valence-corrected chi connectivity index (χ1v) is 20.1. The monoisotopic (exact) mass is 675 g/mol. The zero-order chi connectivity index (χ0) is 35.3. The van der Waals surface area contributed by atoms with Gasteiger partial charge >= 0.3 is 0 Å². The maximum atomic E-state index is 11.2. The van der Waals surface area contributed by atoms with E-state index in [1.54, 1.807) is 0 Å². The third-order valence-electron chi connectivity index (χ3n) is 8.94. The summed E-state index contributed by atoms with van der Waals surface area (Å²) < 4.78 is 0. The van der Waals surface area contributed by atoms with Crippen LogP contribution in [-0.4, -0.2) is 64.1 Å². The van der Waals surface area contributed by atoms with Crippen LogP contribution in [0.2, 0.25) is 0 Å². The van der Waals surface area contributed by atoms with Crippen molar-refractivity contribution in [3.63, 3.8) is 0 Å². The van der Waals surface area contributed by atoms with Gasteiger partial charge in [0.25, 0.3) is 0 Å². The van der Waals surface area contributed by atoms with Crippen LogP contribution in [0, 0.1) is 0 Å². The van der Waals surface area contributed by atoms with Crippen LogP contribution in [0.5, 0.6) is 0 Å². The van der Waals surface area contributed by atoms with Gasteiger partial charge in [0.1, 0.15) is 6.10 Å². The van der Waals surface area contributed by atoms with Crippen molar-refractivity contribution < 1.29 is 20.1 Å². The Morgan fingerprint density at radius 2 is 0.896 bits per heavy atom. The second kappa shape index (κ2) is 36.5. The number of aliphatic hydroxyl groups is 3. The summed E-state index contributed by atoms with van der Waals surface area (Å²) in [6.45, 7) is 6.29. The molecule has 0 aliphatic carbocycles. The number of nitrogens with zero attached hydrogens (tertiary/aromatic N) is 1. The molecule has 0 bridgehead atoms. The molecule has 0 rings (SSSR count). The first kappa shape index (κ1) is 46.3. The van der Waals surface area contributed by atoms with Gasteiger partial charge in [-0.15, -0.1) is 0 Å². The van der Waals surface area contributed by atoms with Gasteiger partial charge in [0.15, 0.2) is 0 Å². The molecule has 0 heterocycles. The number of nitrogens with two attached hydrogens (primary N) is 1. The van der Waals surface area contributed by atoms with Crippen molar-refractivity contribution in [2.75, 3.05) is 19.6 Å². The number of aliphatic hydroxyl groups excluding tert-OH is 3. The zero-order valence-electron chi connectivity index (χ0n) is 31.4. The van der Waals surface area contributed by atoms with Crippen molar-refractivity contribution in [3.8, 4) is 0 Å². The maximum absolute atomic E-state index is 11.2. The van der Waals surface area contributed by atoms with E-state index in [1.807, 2.05) is 0 Å². The Hall–Kier alpha value is -1.73. The molecule has 0 aliphatic rings. The van der Waals surface area contributed by atoms with E-state index in [9.17, 15) is 20.1 Å². The summed E-state index contributed by atoms with van der Waals surface area (Å²) in [5, 5.41) is 31.3. The molecule has 6 nitrogen and oxygen atoms in total. The number of primary amides is 1. The van der Waals surface area contributed by atoms with E-state index in [4.69, 9.17) is 5.73 Å². The second-order valence-corrected chi connectivity index (χ2v) is 13.8. The molecule has 0 spiro atoms. The molecule has 0 aromatic carbocycles. The van der Waals surface area contributed by atoms with Gasteiger partial charge in [0, 0.05) is 13.1 Å². The number of rotatable bonds is 36. The average molecular weight is 675 g/mol. The standard InChI is InChI=1S/C42H78N2O4/c1-3-5-7-9-11-13-15-17-19-21-23-25-27-29-33-39(45)37-44(36-32-31-35-41(47)42(43)48)38-40(46)34-30-28-26-24-22-20-18-16-14-12-10-8-6-4-2/h11-14,17-20,39-41,45-47H,3-10,15-16,21-38H2,1-2H3,(H2,43,48)/b13-11-,14-12-,19-17-,20-18-. The molecule has 3 unspecified atom stereocenters. The summed E-state index contributed by atoms with van der Waals surface area (Å²) in [5.74, 6) is -0.680. The molecule has 0 fully saturated rings. The fourth-order valence-electron chi connectivity index (χ4n) is 5.88. The Morgan fingerprint density at radius 1 is 0.521 bits per heavy atom. The first-order chi connectivity index (χ1) is 23.4. The van der Waals surface area contributed by atoms with Crippen LogP contribution in [-0.2, 0) is 4.79 Å². The third-order valence-corrected chi connectivity index (χ3v) is 8.94. The SMILES string of the molecule is CCCCC/C=C\C/C=C\CCCCCCC(O)CN(CCCCC(O)C(N)=O)CC(O)CCCCCC/C=C\C/C=C\CCCCC. The maximum Gasteiger partial charge on any atom is 0.246 e. The van der Waals surface area contributed by atoms with E-state index in [1.165, 1.54) is 77.0 Å². The normalized spacial score (nSPS) is 14.4. The highest BCUT2D eigenvalue weighted by Gasteiger charge is 2.16. The van der Waals surface area contributed by atoms with Gasteiger partial charge in [0.05, 0.1) is 12.2 Å². The quantitative estimate of drug-likeness (QED) is 0.0391. The van der Waals surface area contributed by atoms with E-state index in [2.05, 4.69) is 67.4 Å². The lowest BCUT2D eigenvalue weighted by Crippen LogP contribution is -2.39. The molecular formula is C42H78N2O4. The van der Waals surface area contributed by atoms with Crippen LogP contribution < -0.4 is 5.73 Å². The van der Waals surface area contributed by atoms with Crippen LogP contribution in [0.4, 0.5) is 0 Å². The highest BCUT2D eigenvalue weighted by Crippen LogP contribution is 2.13. The summed E-state index contributed by atoms with van der Waals surface area (Å²) in [5.41, 5.74) is 5.19. The predicted molar refractivity (Wildman–Crippen MR) is 207 cm³/mol. The van der Waals surface area contributed by atoms with Crippen molar-refractivity contribution in [2.45, 2.75) is 193 Å². The number of amides is 1. The van der Waals surface area contributed by atoms with Gasteiger partial charge in [-0.1, -0.05) is 127 Å². The average Bonchev–Trinajstić information content (AvgIpc) is 3.06. The van der Waals surface area contributed by atoms with Crippen LogP contribution in [0.25, 0.3) is 0 Å². The number of hydrogen-bond donors (Lipinski definition) is 4. The zero-order valence-corrected chi connectivity index (χ0v) is 31.4. The van der Waals surface area contributed by atoms with Crippen molar-refractivity contribution in [2.24, 2.45) is 5.73 Å². The van der Waals surface area contributed by atoms with E-state index < -0.39 is 24.2 Å². The molecule has 0 aromatic heterocycles. The highest BCUT2D eigenvalue weighted by atomic mass is 16.3. The third kappa shape index (κ3) is 34.1. The van der Waals surface area contributed by atoms with Crippen molar-refractivity contribution >= 4 is 5.91 Å². The summed E-state index contributed by atoms with van der Waals surface area (Å²) in [6, 6.07) is 0. The molecule has 0 aromatic rings. The van der Waals surface area contributed by atoms with Gasteiger partial charge in [-0.25, -0.2) is 0 Å². The Balaban J connectivity index is 4.25. The molecular weight excluding hydrogens is 596 g/mol. The first-order valence-electron chi connectivity index (χ1n) is 20.1. The predicted octanol–water partition coefficient (Wildman–Crippen LogP) is 9.87. The largest absolute Gasteiger partial charge is 0.392 e. The minimum atomic E-state index is -1.10. The van der Waals surface area contributed by atoms with Crippen LogP contribution in [0.1, 0.15) is 174 Å². The molecule has 3 atom stereocenters. The molecule has 0 saturated heterocycles. The van der Waals surface area contributed by atoms with Gasteiger partial charge in [-0.3, -0.25) is 9.69 Å². The highest BCUT2D eigenvalue weighted by molar-refractivity contribution is 5.78. The summed E-state index contributed by atoms with van der Waals surface area (Å²) in [6.07, 6.45) is 43.2. The van der Waals surface area contributed by atoms with Crippen LogP contribution in [0.3, 0.4) is 0 Å². The second-order valence-electron chi connectivity index (χ2n) is 13.8. The molecule has 0 saturated carbocycles. The van der Waals surface area contributed by atoms with Crippen LogP contribution in [0.15, 0.2) is 48.6 Å². The van der Waals surface area contributed by atoms with E-state index >= 15 is 0 Å². The minimum absolute atomic E-state index is 0.351. The van der Waals surface area contributed by atoms with Crippen LogP contribution >= 0.6 is 0 Å². The van der Waals surface area contributed by atoms with Gasteiger partial charge in [-0.2, -0.15) is 0 Å². The van der Waals surface area contributed by atoms with Gasteiger partial charge in [0.2, 0.25) is 5.91 Å². The molecule has 5 N–H and O–H groups in total. The molecule has 6 heteroatoms. The van der Waals surface area contributed by atoms with E-state index in [0.29, 0.717) is 25.9 Å². The number of unbranched alkanes of at least 4 members (excludes halogenated alkanes) is 15. The topological polar surface area (TPSA) is 107 Å². The fraction of sp³-hybridized carbons (Fsp3) is 0.786.